The molecule has 0 bridgehead atoms. The van der Waals surface area contributed by atoms with Crippen LogP contribution in [0.5, 0.6) is 0 Å². The summed E-state index contributed by atoms with van der Waals surface area (Å²) in [6, 6.07) is 0. The van der Waals surface area contributed by atoms with Crippen molar-refractivity contribution >= 4 is 0 Å². The van der Waals surface area contributed by atoms with Crippen LogP contribution in [0.4, 0.5) is 0 Å². The topological polar surface area (TPSA) is 29.5 Å². The van der Waals surface area contributed by atoms with Crippen LogP contribution >= 0.6 is 0 Å². The van der Waals surface area contributed by atoms with E-state index in [0.29, 0.717) is 0 Å². The maximum absolute atomic E-state index is 8.52. The maximum Gasteiger partial charge on any atom is 0.109 e. The van der Waals surface area contributed by atoms with Gasteiger partial charge in [-0.1, -0.05) is 103 Å². The fourth-order valence-electron chi connectivity index (χ4n) is 2.87. The summed E-state index contributed by atoms with van der Waals surface area (Å²) in [7, 11) is 0. The summed E-state index contributed by atoms with van der Waals surface area (Å²) in [4.78, 5) is 0. The molecule has 0 atom stereocenters. The number of rotatable bonds is 19. The second kappa shape index (κ2) is 20.9. The van der Waals surface area contributed by atoms with E-state index in [1.54, 1.807) is 0 Å². The van der Waals surface area contributed by atoms with Gasteiger partial charge in [0.05, 0.1) is 6.61 Å². The van der Waals surface area contributed by atoms with Gasteiger partial charge in [0.1, 0.15) is 6.61 Å². The Morgan fingerprint density at radius 1 is 0.591 bits per heavy atom. The number of ether oxygens (including phenoxy) is 1. The Kier molecular flexibility index (Phi) is 20.8. The van der Waals surface area contributed by atoms with E-state index < -0.39 is 0 Å². The molecule has 0 heterocycles. The average Bonchev–Trinajstić information content (AvgIpc) is 2.54. The minimum Gasteiger partial charge on any atom is -0.394 e. The van der Waals surface area contributed by atoms with Crippen molar-refractivity contribution in [1.82, 2.24) is 0 Å². The summed E-state index contributed by atoms with van der Waals surface area (Å²) < 4.78 is 5.13. The maximum atomic E-state index is 8.52. The van der Waals surface area contributed by atoms with E-state index in [9.17, 15) is 0 Å². The highest BCUT2D eigenvalue weighted by atomic mass is 16.5. The number of hydrogen-bond donors (Lipinski definition) is 1. The Hall–Kier alpha value is -0.0800. The lowest BCUT2D eigenvalue weighted by Crippen LogP contribution is -1.94. The van der Waals surface area contributed by atoms with Crippen LogP contribution in [0.2, 0.25) is 0 Å². The van der Waals surface area contributed by atoms with Gasteiger partial charge in [0.2, 0.25) is 0 Å². The molecule has 0 aliphatic rings. The highest BCUT2D eigenvalue weighted by molar-refractivity contribution is 4.50. The van der Waals surface area contributed by atoms with Gasteiger partial charge in [-0.05, 0) is 6.42 Å². The monoisotopic (exact) mass is 313 g/mol. The molecule has 0 rings (SSSR count). The number of unbranched alkanes of at least 4 members (excludes halogenated alkanes) is 15. The van der Waals surface area contributed by atoms with Crippen LogP contribution in [0, 0.1) is 6.61 Å². The van der Waals surface area contributed by atoms with E-state index in [0.717, 1.165) is 13.0 Å². The SMILES string of the molecule is CCCCCCCCCCCCCCCCCCO[CH]CO. The van der Waals surface area contributed by atoms with Crippen molar-refractivity contribution in [3.8, 4) is 0 Å². The molecule has 0 saturated heterocycles. The molecule has 0 saturated carbocycles. The molecule has 0 aromatic carbocycles. The van der Waals surface area contributed by atoms with Crippen molar-refractivity contribution in [3.63, 3.8) is 0 Å². The summed E-state index contributed by atoms with van der Waals surface area (Å²) in [5.74, 6) is 0. The van der Waals surface area contributed by atoms with Crippen molar-refractivity contribution < 1.29 is 9.84 Å². The molecular formula is C20H41O2. The highest BCUT2D eigenvalue weighted by Gasteiger charge is 1.94. The van der Waals surface area contributed by atoms with Gasteiger partial charge in [-0.15, -0.1) is 0 Å². The van der Waals surface area contributed by atoms with Crippen LogP contribution in [0.15, 0.2) is 0 Å². The Morgan fingerprint density at radius 3 is 1.32 bits per heavy atom. The Balaban J connectivity index is 2.91. The molecule has 0 aliphatic carbocycles. The second-order valence-electron chi connectivity index (χ2n) is 6.52. The lowest BCUT2D eigenvalue weighted by Gasteiger charge is -2.04. The van der Waals surface area contributed by atoms with Crippen LogP contribution in [-0.4, -0.2) is 18.3 Å². The number of aliphatic hydroxyl groups is 1. The van der Waals surface area contributed by atoms with Crippen LogP contribution < -0.4 is 0 Å². The molecule has 0 amide bonds. The molecule has 1 N–H and O–H groups in total. The second-order valence-corrected chi connectivity index (χ2v) is 6.52. The third-order valence-corrected chi connectivity index (χ3v) is 4.31. The lowest BCUT2D eigenvalue weighted by molar-refractivity contribution is 0.146. The van der Waals surface area contributed by atoms with Crippen molar-refractivity contribution in [3.05, 3.63) is 6.61 Å². The molecule has 133 valence electrons. The van der Waals surface area contributed by atoms with Crippen LogP contribution in [-0.2, 0) is 4.74 Å². The van der Waals surface area contributed by atoms with Gasteiger partial charge in [-0.25, -0.2) is 0 Å². The van der Waals surface area contributed by atoms with Crippen LogP contribution in [0.25, 0.3) is 0 Å². The zero-order valence-electron chi connectivity index (χ0n) is 15.2. The van der Waals surface area contributed by atoms with Crippen molar-refractivity contribution in [1.29, 1.82) is 0 Å². The van der Waals surface area contributed by atoms with Gasteiger partial charge < -0.3 is 9.84 Å². The normalized spacial score (nSPS) is 11.2. The third kappa shape index (κ3) is 19.9. The molecule has 22 heavy (non-hydrogen) atoms. The van der Waals surface area contributed by atoms with E-state index >= 15 is 0 Å². The van der Waals surface area contributed by atoms with Crippen molar-refractivity contribution in [2.45, 2.75) is 110 Å². The molecule has 2 nitrogen and oxygen atoms in total. The van der Waals surface area contributed by atoms with E-state index in [2.05, 4.69) is 6.92 Å². The van der Waals surface area contributed by atoms with Gasteiger partial charge in [0, 0.05) is 6.61 Å². The molecule has 0 aromatic rings. The highest BCUT2D eigenvalue weighted by Crippen LogP contribution is 2.13. The van der Waals surface area contributed by atoms with Gasteiger partial charge in [-0.2, -0.15) is 0 Å². The first-order chi connectivity index (χ1) is 10.9. The molecule has 0 aromatic heterocycles. The summed E-state index contributed by atoms with van der Waals surface area (Å²) in [6.45, 7) is 4.55. The molecule has 1 radical (unpaired) electrons. The van der Waals surface area contributed by atoms with Gasteiger partial charge >= 0.3 is 0 Å². The first-order valence-electron chi connectivity index (χ1n) is 9.96. The smallest absolute Gasteiger partial charge is 0.109 e. The van der Waals surface area contributed by atoms with Crippen molar-refractivity contribution in [2.24, 2.45) is 0 Å². The lowest BCUT2D eigenvalue weighted by atomic mass is 10.0. The Labute approximate surface area is 140 Å². The van der Waals surface area contributed by atoms with Gasteiger partial charge in [0.25, 0.3) is 0 Å². The molecule has 0 aliphatic heterocycles. The summed E-state index contributed by atoms with van der Waals surface area (Å²) >= 11 is 0. The summed E-state index contributed by atoms with van der Waals surface area (Å²) in [5.41, 5.74) is 0. The standard InChI is InChI=1S/C20H41O2/c1-2-3-4-5-6-7-8-9-10-11-12-13-14-15-16-17-19-22-20-18-21/h20-21H,2-19H2,1H3. The summed E-state index contributed by atoms with van der Waals surface area (Å²) in [5, 5.41) is 8.52. The fourth-order valence-corrected chi connectivity index (χ4v) is 2.87. The van der Waals surface area contributed by atoms with E-state index in [1.165, 1.54) is 103 Å². The number of aliphatic hydroxyl groups excluding tert-OH is 1. The third-order valence-electron chi connectivity index (χ3n) is 4.31. The minimum absolute atomic E-state index is 0.0266. The van der Waals surface area contributed by atoms with E-state index in [4.69, 9.17) is 9.84 Å². The minimum atomic E-state index is 0.0266. The first-order valence-corrected chi connectivity index (χ1v) is 9.96. The van der Waals surface area contributed by atoms with Crippen LogP contribution in [0.1, 0.15) is 110 Å². The zero-order valence-corrected chi connectivity index (χ0v) is 15.2. The quantitative estimate of drug-likeness (QED) is 0.279. The molecule has 0 spiro atoms. The van der Waals surface area contributed by atoms with Gasteiger partial charge in [0.15, 0.2) is 0 Å². The first kappa shape index (κ1) is 21.9. The average molecular weight is 314 g/mol. The Morgan fingerprint density at radius 2 is 0.955 bits per heavy atom. The fraction of sp³-hybridized carbons (Fsp3) is 0.950. The van der Waals surface area contributed by atoms with Gasteiger partial charge in [-0.3, -0.25) is 0 Å². The molecule has 0 fully saturated rings. The molecular weight excluding hydrogens is 272 g/mol. The van der Waals surface area contributed by atoms with E-state index in [-0.39, 0.29) is 6.61 Å². The molecule has 2 heteroatoms. The predicted molar refractivity (Wildman–Crippen MR) is 96.9 cm³/mol. The zero-order chi connectivity index (χ0) is 16.1. The summed E-state index contributed by atoms with van der Waals surface area (Å²) in [6.07, 6.45) is 22.3. The number of hydrogen-bond acceptors (Lipinski definition) is 2. The molecule has 0 unspecified atom stereocenters. The Bertz CT molecular complexity index is 163. The van der Waals surface area contributed by atoms with E-state index in [1.807, 2.05) is 0 Å². The van der Waals surface area contributed by atoms with Crippen molar-refractivity contribution in [2.75, 3.05) is 13.2 Å². The predicted octanol–water partition coefficient (Wildman–Crippen LogP) is 6.42. The van der Waals surface area contributed by atoms with Crippen LogP contribution in [0.3, 0.4) is 0 Å². The largest absolute Gasteiger partial charge is 0.394 e.